The Labute approximate surface area is 68.8 Å². The second-order valence-corrected chi connectivity index (χ2v) is 2.41. The third kappa shape index (κ3) is 1.79. The zero-order valence-corrected chi connectivity index (χ0v) is 6.84. The van der Waals surface area contributed by atoms with Crippen LogP contribution in [0.3, 0.4) is 0 Å². The highest BCUT2D eigenvalue weighted by Crippen LogP contribution is 2.21. The number of oxazole rings is 1. The summed E-state index contributed by atoms with van der Waals surface area (Å²) in [5, 5.41) is 2.83. The molecule has 1 aromatic heterocycles. The van der Waals surface area contributed by atoms with Crippen molar-refractivity contribution in [3.05, 3.63) is 17.8 Å². The van der Waals surface area contributed by atoms with Crippen molar-refractivity contribution < 1.29 is 13.2 Å². The molecule has 0 fully saturated rings. The predicted molar refractivity (Wildman–Crippen MR) is 38.9 cm³/mol. The van der Waals surface area contributed by atoms with Crippen molar-refractivity contribution in [3.63, 3.8) is 0 Å². The van der Waals surface area contributed by atoms with Crippen molar-refractivity contribution in [1.82, 2.24) is 10.3 Å². The maximum atomic E-state index is 12.0. The molecule has 0 aliphatic rings. The van der Waals surface area contributed by atoms with E-state index in [1.807, 2.05) is 0 Å². The first kappa shape index (κ1) is 9.12. The minimum absolute atomic E-state index is 0.141. The summed E-state index contributed by atoms with van der Waals surface area (Å²) < 4.78 is 28.8. The maximum Gasteiger partial charge on any atom is 0.297 e. The van der Waals surface area contributed by atoms with E-state index >= 15 is 0 Å². The van der Waals surface area contributed by atoms with Gasteiger partial charge in [-0.15, -0.1) is 0 Å². The van der Waals surface area contributed by atoms with Crippen LogP contribution in [0.15, 0.2) is 10.6 Å². The van der Waals surface area contributed by atoms with Gasteiger partial charge in [0.15, 0.2) is 5.76 Å². The normalized spacial score (nSPS) is 13.8. The Bertz CT molecular complexity index is 249. The van der Waals surface area contributed by atoms with Gasteiger partial charge in [-0.3, -0.25) is 0 Å². The van der Waals surface area contributed by atoms with Crippen LogP contribution in [-0.4, -0.2) is 12.0 Å². The molecule has 0 aliphatic heterocycles. The van der Waals surface area contributed by atoms with E-state index in [4.69, 9.17) is 4.42 Å². The molecule has 1 rings (SSSR count). The minimum atomic E-state index is -2.59. The van der Waals surface area contributed by atoms with Crippen molar-refractivity contribution in [2.75, 3.05) is 7.05 Å². The van der Waals surface area contributed by atoms with Crippen LogP contribution in [0, 0.1) is 0 Å². The summed E-state index contributed by atoms with van der Waals surface area (Å²) in [4.78, 5) is 3.70. The van der Waals surface area contributed by atoms with E-state index in [2.05, 4.69) is 10.3 Å². The summed E-state index contributed by atoms with van der Waals surface area (Å²) in [5.41, 5.74) is 0. The first-order valence-electron chi connectivity index (χ1n) is 3.56. The molecule has 1 atom stereocenters. The van der Waals surface area contributed by atoms with Gasteiger partial charge in [0, 0.05) is 0 Å². The lowest BCUT2D eigenvalue weighted by Crippen LogP contribution is -2.12. The molecule has 0 saturated heterocycles. The largest absolute Gasteiger partial charge is 0.438 e. The highest BCUT2D eigenvalue weighted by Gasteiger charge is 2.16. The van der Waals surface area contributed by atoms with Gasteiger partial charge >= 0.3 is 0 Å². The second kappa shape index (κ2) is 3.62. The molecule has 0 spiro atoms. The van der Waals surface area contributed by atoms with E-state index in [0.717, 1.165) is 6.20 Å². The molecule has 0 radical (unpaired) electrons. The molecule has 5 heteroatoms. The number of halogens is 2. The molecule has 3 nitrogen and oxygen atoms in total. The molecule has 0 aromatic carbocycles. The van der Waals surface area contributed by atoms with Crippen LogP contribution in [0.4, 0.5) is 8.78 Å². The Hall–Kier alpha value is -0.970. The Morgan fingerprint density at radius 2 is 2.25 bits per heavy atom. The summed E-state index contributed by atoms with van der Waals surface area (Å²) in [6.45, 7) is 1.78. The van der Waals surface area contributed by atoms with Crippen LogP contribution in [0.1, 0.15) is 31.0 Å². The van der Waals surface area contributed by atoms with E-state index in [1.54, 1.807) is 14.0 Å². The molecule has 1 N–H and O–H groups in total. The Kier molecular flexibility index (Phi) is 2.75. The summed E-state index contributed by atoms with van der Waals surface area (Å²) in [6.07, 6.45) is -1.54. The number of nitrogens with one attached hydrogen (secondary N) is 1. The van der Waals surface area contributed by atoms with Gasteiger partial charge in [0.25, 0.3) is 6.43 Å². The molecule has 0 saturated carbocycles. The van der Waals surface area contributed by atoms with Gasteiger partial charge in [0.2, 0.25) is 5.89 Å². The van der Waals surface area contributed by atoms with Gasteiger partial charge in [-0.2, -0.15) is 0 Å². The minimum Gasteiger partial charge on any atom is -0.438 e. The number of aromatic nitrogens is 1. The molecule has 1 unspecified atom stereocenters. The standard InChI is InChI=1S/C7H10F2N2O/c1-4(10-2)7-11-3-5(12-7)6(8)9/h3-4,6,10H,1-2H3. The fourth-order valence-corrected chi connectivity index (χ4v) is 0.725. The monoisotopic (exact) mass is 176 g/mol. The van der Waals surface area contributed by atoms with Crippen molar-refractivity contribution in [3.8, 4) is 0 Å². The van der Waals surface area contributed by atoms with Crippen molar-refractivity contribution in [1.29, 1.82) is 0 Å². The fourth-order valence-electron chi connectivity index (χ4n) is 0.725. The second-order valence-electron chi connectivity index (χ2n) is 2.41. The van der Waals surface area contributed by atoms with Gasteiger partial charge in [-0.1, -0.05) is 0 Å². The quantitative estimate of drug-likeness (QED) is 0.764. The molecule has 0 aliphatic carbocycles. The van der Waals surface area contributed by atoms with E-state index in [1.165, 1.54) is 0 Å². The SMILES string of the molecule is CNC(C)c1ncc(C(F)F)o1. The van der Waals surface area contributed by atoms with Crippen molar-refractivity contribution in [2.45, 2.75) is 19.4 Å². The molecule has 0 amide bonds. The lowest BCUT2D eigenvalue weighted by molar-refractivity contribution is 0.119. The lowest BCUT2D eigenvalue weighted by atomic mass is 10.3. The average molecular weight is 176 g/mol. The van der Waals surface area contributed by atoms with E-state index in [9.17, 15) is 8.78 Å². The number of rotatable bonds is 3. The number of hydrogen-bond acceptors (Lipinski definition) is 3. The molecule has 68 valence electrons. The molecular formula is C7H10F2N2O. The van der Waals surface area contributed by atoms with E-state index in [-0.39, 0.29) is 17.7 Å². The lowest BCUT2D eigenvalue weighted by Gasteiger charge is -2.03. The Morgan fingerprint density at radius 1 is 1.58 bits per heavy atom. The van der Waals surface area contributed by atoms with E-state index in [0.29, 0.717) is 0 Å². The van der Waals surface area contributed by atoms with Crippen LogP contribution in [0.5, 0.6) is 0 Å². The molecule has 1 aromatic rings. The third-order valence-electron chi connectivity index (χ3n) is 1.56. The summed E-state index contributed by atoms with van der Waals surface area (Å²) in [6, 6.07) is -0.141. The first-order chi connectivity index (χ1) is 5.65. The van der Waals surface area contributed by atoms with Crippen LogP contribution in [0.25, 0.3) is 0 Å². The third-order valence-corrected chi connectivity index (χ3v) is 1.56. The number of hydrogen-bond donors (Lipinski definition) is 1. The maximum absolute atomic E-state index is 12.0. The van der Waals surface area contributed by atoms with Crippen molar-refractivity contribution in [2.24, 2.45) is 0 Å². The first-order valence-corrected chi connectivity index (χ1v) is 3.56. The highest BCUT2D eigenvalue weighted by atomic mass is 19.3. The van der Waals surface area contributed by atoms with Gasteiger partial charge < -0.3 is 9.73 Å². The average Bonchev–Trinajstić information content (AvgIpc) is 2.51. The number of alkyl halides is 2. The number of nitrogens with zero attached hydrogens (tertiary/aromatic N) is 1. The Morgan fingerprint density at radius 3 is 2.67 bits per heavy atom. The Balaban J connectivity index is 2.77. The van der Waals surface area contributed by atoms with Gasteiger partial charge in [-0.05, 0) is 14.0 Å². The van der Waals surface area contributed by atoms with Crippen molar-refractivity contribution >= 4 is 0 Å². The highest BCUT2D eigenvalue weighted by molar-refractivity contribution is 4.98. The summed E-state index contributed by atoms with van der Waals surface area (Å²) in [7, 11) is 1.71. The van der Waals surface area contributed by atoms with Crippen LogP contribution < -0.4 is 5.32 Å². The molecule has 0 bridgehead atoms. The topological polar surface area (TPSA) is 38.1 Å². The predicted octanol–water partition coefficient (Wildman–Crippen LogP) is 1.89. The van der Waals surface area contributed by atoms with Crippen LogP contribution >= 0.6 is 0 Å². The fraction of sp³-hybridized carbons (Fsp3) is 0.571. The molecular weight excluding hydrogens is 166 g/mol. The van der Waals surface area contributed by atoms with Gasteiger partial charge in [0.1, 0.15) is 0 Å². The molecule has 1 heterocycles. The molecule has 12 heavy (non-hydrogen) atoms. The van der Waals surface area contributed by atoms with Crippen LogP contribution in [-0.2, 0) is 0 Å². The van der Waals surface area contributed by atoms with Crippen LogP contribution in [0.2, 0.25) is 0 Å². The summed E-state index contributed by atoms with van der Waals surface area (Å²) in [5.74, 6) is -0.0973. The summed E-state index contributed by atoms with van der Waals surface area (Å²) >= 11 is 0. The van der Waals surface area contributed by atoms with Gasteiger partial charge in [-0.25, -0.2) is 13.8 Å². The zero-order chi connectivity index (χ0) is 9.14. The van der Waals surface area contributed by atoms with Gasteiger partial charge in [0.05, 0.1) is 12.2 Å². The van der Waals surface area contributed by atoms with E-state index < -0.39 is 6.43 Å². The zero-order valence-electron chi connectivity index (χ0n) is 6.84. The smallest absolute Gasteiger partial charge is 0.297 e.